The Balaban J connectivity index is 2.33. The highest BCUT2D eigenvalue weighted by Crippen LogP contribution is 2.42. The van der Waals surface area contributed by atoms with Crippen molar-refractivity contribution in [3.8, 4) is 23.0 Å². The number of ether oxygens (including phenoxy) is 1. The van der Waals surface area contributed by atoms with Crippen LogP contribution in [0.4, 0.5) is 0 Å². The molecular weight excluding hydrogens is 308 g/mol. The molecule has 2 aromatic rings. The summed E-state index contributed by atoms with van der Waals surface area (Å²) in [6.07, 6.45) is 1.59. The first kappa shape index (κ1) is 16.0. The lowest BCUT2D eigenvalue weighted by Crippen LogP contribution is -1.96. The lowest BCUT2D eigenvalue weighted by atomic mass is 10.1. The van der Waals surface area contributed by atoms with Gasteiger partial charge in [0.25, 0.3) is 0 Å². The summed E-state index contributed by atoms with van der Waals surface area (Å²) in [6, 6.07) is 6.95. The van der Waals surface area contributed by atoms with Crippen LogP contribution in [0.5, 0.6) is 23.0 Å². The van der Waals surface area contributed by atoms with Gasteiger partial charge in [0.1, 0.15) is 5.75 Å². The van der Waals surface area contributed by atoms with Crippen molar-refractivity contribution in [1.82, 2.24) is 0 Å². The van der Waals surface area contributed by atoms with Gasteiger partial charge in [-0.1, -0.05) is 24.9 Å². The van der Waals surface area contributed by atoms with E-state index in [0.717, 1.165) is 18.4 Å². The topological polar surface area (TPSA) is 87.0 Å². The summed E-state index contributed by atoms with van der Waals surface area (Å²) in [5.41, 5.74) is 0.807. The van der Waals surface area contributed by atoms with Crippen LogP contribution in [0.1, 0.15) is 29.3 Å². The van der Waals surface area contributed by atoms with E-state index < -0.39 is 5.97 Å². The molecule has 0 fully saturated rings. The Bertz CT molecular complexity index is 689. The number of rotatable bonds is 5. The molecule has 5 nitrogen and oxygen atoms in total. The fourth-order valence-electron chi connectivity index (χ4n) is 2.02. The number of aryl methyl sites for hydroxylation is 1. The van der Waals surface area contributed by atoms with E-state index in [1.54, 1.807) is 0 Å². The van der Waals surface area contributed by atoms with Gasteiger partial charge in [0.05, 0.1) is 10.6 Å². The molecule has 0 aliphatic rings. The van der Waals surface area contributed by atoms with E-state index in [2.05, 4.69) is 0 Å². The highest BCUT2D eigenvalue weighted by molar-refractivity contribution is 6.32. The average molecular weight is 323 g/mol. The summed E-state index contributed by atoms with van der Waals surface area (Å²) in [4.78, 5) is 10.9. The number of halogens is 1. The van der Waals surface area contributed by atoms with Gasteiger partial charge in [-0.25, -0.2) is 4.79 Å². The SMILES string of the molecule is CCCc1cc(O)c(Oc2ccc(C(=O)O)cc2Cl)c(O)c1. The summed E-state index contributed by atoms with van der Waals surface area (Å²) >= 11 is 5.96. The Morgan fingerprint density at radius 2 is 1.82 bits per heavy atom. The maximum absolute atomic E-state index is 10.9. The van der Waals surface area contributed by atoms with E-state index in [4.69, 9.17) is 21.4 Å². The molecule has 0 unspecified atom stereocenters. The van der Waals surface area contributed by atoms with Crippen LogP contribution in [0.2, 0.25) is 5.02 Å². The van der Waals surface area contributed by atoms with Crippen LogP contribution in [0.15, 0.2) is 30.3 Å². The molecule has 0 heterocycles. The molecule has 0 aromatic heterocycles. The van der Waals surface area contributed by atoms with Crippen LogP contribution in [-0.2, 0) is 6.42 Å². The molecule has 2 rings (SSSR count). The van der Waals surface area contributed by atoms with Crippen molar-refractivity contribution >= 4 is 17.6 Å². The number of phenols is 2. The molecule has 3 N–H and O–H groups in total. The number of aromatic carboxylic acids is 1. The Morgan fingerprint density at radius 3 is 2.32 bits per heavy atom. The van der Waals surface area contributed by atoms with Crippen molar-refractivity contribution in [2.75, 3.05) is 0 Å². The van der Waals surface area contributed by atoms with Gasteiger partial charge in [-0.05, 0) is 42.3 Å². The van der Waals surface area contributed by atoms with Gasteiger partial charge in [0, 0.05) is 0 Å². The average Bonchev–Trinajstić information content (AvgIpc) is 2.44. The van der Waals surface area contributed by atoms with Gasteiger partial charge in [-0.3, -0.25) is 0 Å². The Hall–Kier alpha value is -2.40. The monoisotopic (exact) mass is 322 g/mol. The number of hydrogen-bond acceptors (Lipinski definition) is 4. The standard InChI is InChI=1S/C16H15ClO5/c1-2-3-9-6-12(18)15(13(19)7-9)22-14-5-4-10(16(20)21)8-11(14)17/h4-8,18-19H,2-3H2,1H3,(H,20,21). The molecule has 6 heteroatoms. The Morgan fingerprint density at radius 1 is 1.18 bits per heavy atom. The molecule has 0 radical (unpaired) electrons. The minimum atomic E-state index is -1.11. The quantitative estimate of drug-likeness (QED) is 0.768. The lowest BCUT2D eigenvalue weighted by Gasteiger charge is -2.12. The van der Waals surface area contributed by atoms with Crippen molar-refractivity contribution in [1.29, 1.82) is 0 Å². The second kappa shape index (κ2) is 6.58. The predicted octanol–water partition coefficient (Wildman–Crippen LogP) is 4.19. The van der Waals surface area contributed by atoms with Crippen LogP contribution in [-0.4, -0.2) is 21.3 Å². The molecule has 0 spiro atoms. The number of benzene rings is 2. The summed E-state index contributed by atoms with van der Waals surface area (Å²) < 4.78 is 5.41. The van der Waals surface area contributed by atoms with Crippen molar-refractivity contribution in [3.63, 3.8) is 0 Å². The third kappa shape index (κ3) is 3.43. The Labute approximate surface area is 132 Å². The van der Waals surface area contributed by atoms with Crippen LogP contribution in [0.25, 0.3) is 0 Å². The fraction of sp³-hybridized carbons (Fsp3) is 0.188. The van der Waals surface area contributed by atoms with Gasteiger partial charge in [0.15, 0.2) is 11.5 Å². The van der Waals surface area contributed by atoms with Gasteiger partial charge < -0.3 is 20.1 Å². The molecule has 0 aliphatic heterocycles. The van der Waals surface area contributed by atoms with Gasteiger partial charge in [-0.15, -0.1) is 0 Å². The first-order chi connectivity index (χ1) is 10.4. The third-order valence-electron chi connectivity index (χ3n) is 3.04. The Kier molecular flexibility index (Phi) is 4.78. The van der Waals surface area contributed by atoms with Gasteiger partial charge >= 0.3 is 5.97 Å². The van der Waals surface area contributed by atoms with E-state index in [-0.39, 0.29) is 33.6 Å². The summed E-state index contributed by atoms with van der Waals surface area (Å²) in [6.45, 7) is 1.99. The van der Waals surface area contributed by atoms with Gasteiger partial charge in [0.2, 0.25) is 5.75 Å². The zero-order chi connectivity index (χ0) is 16.3. The van der Waals surface area contributed by atoms with Crippen LogP contribution in [0.3, 0.4) is 0 Å². The van der Waals surface area contributed by atoms with E-state index in [0.29, 0.717) is 0 Å². The smallest absolute Gasteiger partial charge is 0.335 e. The number of aromatic hydroxyl groups is 2. The molecule has 2 aromatic carbocycles. The third-order valence-corrected chi connectivity index (χ3v) is 3.33. The minimum absolute atomic E-state index is 0.0177. The molecule has 0 amide bonds. The lowest BCUT2D eigenvalue weighted by molar-refractivity contribution is 0.0697. The zero-order valence-corrected chi connectivity index (χ0v) is 12.6. The summed E-state index contributed by atoms with van der Waals surface area (Å²) in [7, 11) is 0. The molecule has 0 atom stereocenters. The van der Waals surface area contributed by atoms with Gasteiger partial charge in [-0.2, -0.15) is 0 Å². The van der Waals surface area contributed by atoms with Crippen LogP contribution in [0, 0.1) is 0 Å². The predicted molar refractivity (Wildman–Crippen MR) is 82.3 cm³/mol. The van der Waals surface area contributed by atoms with Crippen molar-refractivity contribution in [2.24, 2.45) is 0 Å². The number of carboxylic acids is 1. The molecule has 116 valence electrons. The summed E-state index contributed by atoms with van der Waals surface area (Å²) in [5.74, 6) is -1.50. The summed E-state index contributed by atoms with van der Waals surface area (Å²) in [5, 5.41) is 28.9. The van der Waals surface area contributed by atoms with Crippen molar-refractivity contribution < 1.29 is 24.9 Å². The second-order valence-corrected chi connectivity index (χ2v) is 5.17. The van der Waals surface area contributed by atoms with Crippen molar-refractivity contribution in [2.45, 2.75) is 19.8 Å². The highest BCUT2D eigenvalue weighted by atomic mass is 35.5. The number of carboxylic acid groups (broad SMARTS) is 1. The maximum Gasteiger partial charge on any atom is 0.335 e. The first-order valence-corrected chi connectivity index (χ1v) is 7.05. The molecule has 0 bridgehead atoms. The van der Waals surface area contributed by atoms with E-state index >= 15 is 0 Å². The normalized spacial score (nSPS) is 10.5. The zero-order valence-electron chi connectivity index (χ0n) is 11.8. The molecule has 0 saturated carbocycles. The highest BCUT2D eigenvalue weighted by Gasteiger charge is 2.15. The van der Waals surface area contributed by atoms with Crippen molar-refractivity contribution in [3.05, 3.63) is 46.5 Å². The molecule has 22 heavy (non-hydrogen) atoms. The number of hydrogen-bond donors (Lipinski definition) is 3. The number of carbonyl (C=O) groups is 1. The molecule has 0 aliphatic carbocycles. The van der Waals surface area contributed by atoms with Crippen LogP contribution >= 0.6 is 11.6 Å². The fourth-order valence-corrected chi connectivity index (χ4v) is 2.24. The van der Waals surface area contributed by atoms with E-state index in [1.807, 2.05) is 6.92 Å². The second-order valence-electron chi connectivity index (χ2n) is 4.77. The molecular formula is C16H15ClO5. The number of phenolic OH excluding ortho intramolecular Hbond substituents is 2. The van der Waals surface area contributed by atoms with Crippen LogP contribution < -0.4 is 4.74 Å². The van der Waals surface area contributed by atoms with E-state index in [1.165, 1.54) is 30.3 Å². The van der Waals surface area contributed by atoms with E-state index in [9.17, 15) is 15.0 Å². The first-order valence-electron chi connectivity index (χ1n) is 6.68. The maximum atomic E-state index is 10.9. The minimum Gasteiger partial charge on any atom is -0.504 e. The molecule has 0 saturated heterocycles. The largest absolute Gasteiger partial charge is 0.504 e.